The molecule has 1 amide bonds. The molecule has 1 atom stereocenters. The smallest absolute Gasteiger partial charge is 0.269 e. The van der Waals surface area contributed by atoms with Gasteiger partial charge in [-0.1, -0.05) is 36.4 Å². The number of guanidine groups is 1. The number of hydrogen-bond donors (Lipinski definition) is 2. The summed E-state index contributed by atoms with van der Waals surface area (Å²) in [5.74, 6) is -1.66. The molecule has 3 N–H and O–H groups in total. The molecule has 10 heteroatoms. The van der Waals surface area contributed by atoms with Crippen LogP contribution in [0.2, 0.25) is 0 Å². The zero-order valence-electron chi connectivity index (χ0n) is 16.9. The van der Waals surface area contributed by atoms with Gasteiger partial charge in [0.2, 0.25) is 0 Å². The van der Waals surface area contributed by atoms with Crippen molar-refractivity contribution in [1.82, 2.24) is 9.88 Å². The van der Waals surface area contributed by atoms with Gasteiger partial charge < -0.3 is 5.73 Å². The quantitative estimate of drug-likeness (QED) is 0.570. The normalized spacial score (nSPS) is 18.7. The third-order valence-electron chi connectivity index (χ3n) is 5.29. The van der Waals surface area contributed by atoms with Gasteiger partial charge in [-0.15, -0.1) is 0 Å². The van der Waals surface area contributed by atoms with Crippen LogP contribution in [0, 0.1) is 5.82 Å². The Morgan fingerprint density at radius 2 is 1.88 bits per heavy atom. The van der Waals surface area contributed by atoms with Gasteiger partial charge in [0.15, 0.2) is 11.5 Å². The highest BCUT2D eigenvalue weighted by Gasteiger charge is 2.49. The number of aliphatic imine (C=N–C) groups is 1. The molecule has 8 nitrogen and oxygen atoms in total. The van der Waals surface area contributed by atoms with Gasteiger partial charge >= 0.3 is 0 Å². The van der Waals surface area contributed by atoms with Gasteiger partial charge in [0.25, 0.3) is 16.0 Å². The fraction of sp³-hybridized carbons (Fsp3) is 0.136. The van der Waals surface area contributed by atoms with Gasteiger partial charge in [0.1, 0.15) is 11.6 Å². The first-order chi connectivity index (χ1) is 15.1. The summed E-state index contributed by atoms with van der Waals surface area (Å²) >= 11 is 0. The van der Waals surface area contributed by atoms with Crippen molar-refractivity contribution in [3.05, 3.63) is 89.5 Å². The van der Waals surface area contributed by atoms with Gasteiger partial charge in [0.05, 0.1) is 0 Å². The van der Waals surface area contributed by atoms with Crippen LogP contribution in [0.25, 0.3) is 11.1 Å². The zero-order valence-corrected chi connectivity index (χ0v) is 17.8. The van der Waals surface area contributed by atoms with Crippen molar-refractivity contribution in [2.45, 2.75) is 11.3 Å². The molecule has 0 radical (unpaired) electrons. The van der Waals surface area contributed by atoms with Crippen LogP contribution in [0.5, 0.6) is 0 Å². The van der Waals surface area contributed by atoms with Gasteiger partial charge in [-0.05, 0) is 34.9 Å². The van der Waals surface area contributed by atoms with E-state index in [-0.39, 0.29) is 17.1 Å². The highest BCUT2D eigenvalue weighted by molar-refractivity contribution is 7.85. The summed E-state index contributed by atoms with van der Waals surface area (Å²) in [6.45, 7) is 0. The minimum atomic E-state index is -4.30. The first kappa shape index (κ1) is 21.6. The maximum atomic E-state index is 14.7. The van der Waals surface area contributed by atoms with Crippen molar-refractivity contribution in [1.29, 1.82) is 0 Å². The predicted octanol–water partition coefficient (Wildman–Crippen LogP) is 2.31. The number of nitrogens with two attached hydrogens (primary N) is 1. The number of halogens is 1. The molecule has 0 fully saturated rings. The Kier molecular flexibility index (Phi) is 5.27. The Balaban J connectivity index is 1.95. The summed E-state index contributed by atoms with van der Waals surface area (Å²) in [6.07, 6.45) is 3.07. The summed E-state index contributed by atoms with van der Waals surface area (Å²) in [7, 11) is -2.83. The van der Waals surface area contributed by atoms with E-state index in [9.17, 15) is 22.2 Å². The molecule has 0 spiro atoms. The van der Waals surface area contributed by atoms with E-state index in [4.69, 9.17) is 5.73 Å². The predicted molar refractivity (Wildman–Crippen MR) is 116 cm³/mol. The molecule has 3 aromatic rings. The van der Waals surface area contributed by atoms with E-state index in [1.54, 1.807) is 30.5 Å². The van der Waals surface area contributed by atoms with E-state index in [0.29, 0.717) is 16.7 Å². The number of benzene rings is 2. The lowest BCUT2D eigenvalue weighted by molar-refractivity contribution is -0.129. The van der Waals surface area contributed by atoms with Crippen LogP contribution in [0.15, 0.2) is 72.0 Å². The van der Waals surface area contributed by atoms with E-state index in [0.717, 1.165) is 0 Å². The lowest BCUT2D eigenvalue weighted by atomic mass is 9.81. The average molecular weight is 454 g/mol. The second-order valence-corrected chi connectivity index (χ2v) is 8.86. The largest absolute Gasteiger partial charge is 0.369 e. The van der Waals surface area contributed by atoms with Crippen molar-refractivity contribution in [2.24, 2.45) is 10.7 Å². The molecule has 32 heavy (non-hydrogen) atoms. The number of aromatic nitrogens is 1. The van der Waals surface area contributed by atoms with Crippen LogP contribution in [0.4, 0.5) is 4.39 Å². The molecule has 1 aromatic heterocycles. The topological polar surface area (TPSA) is 126 Å². The Morgan fingerprint density at radius 1 is 1.12 bits per heavy atom. The molecule has 0 saturated heterocycles. The van der Waals surface area contributed by atoms with E-state index in [2.05, 4.69) is 9.98 Å². The Hall–Kier alpha value is -3.63. The number of carbonyl (C=O) groups is 1. The highest BCUT2D eigenvalue weighted by Crippen LogP contribution is 2.41. The van der Waals surface area contributed by atoms with E-state index in [1.165, 1.54) is 48.5 Å². The van der Waals surface area contributed by atoms with Gasteiger partial charge in [-0.25, -0.2) is 9.38 Å². The Labute approximate surface area is 184 Å². The van der Waals surface area contributed by atoms with Crippen LogP contribution >= 0.6 is 0 Å². The first-order valence-electron chi connectivity index (χ1n) is 9.50. The third kappa shape index (κ3) is 3.74. The SMILES string of the molecule is CN1C(=O)C(c2cccc(CS(=O)(=O)O)c2)(c2ccc(F)c(-c3cccnc3)c2)N=C1N. The fourth-order valence-electron chi connectivity index (χ4n) is 3.77. The molecule has 1 unspecified atom stereocenters. The zero-order chi connectivity index (χ0) is 23.1. The molecular weight excluding hydrogens is 435 g/mol. The van der Waals surface area contributed by atoms with E-state index >= 15 is 0 Å². The molecule has 164 valence electrons. The van der Waals surface area contributed by atoms with Crippen molar-refractivity contribution in [3.8, 4) is 11.1 Å². The summed E-state index contributed by atoms with van der Waals surface area (Å²) in [5, 5.41) is 0. The molecular formula is C22H19FN4O4S. The Bertz CT molecular complexity index is 1350. The standard InChI is InChI=1S/C22H19FN4O4S/c1-27-20(28)22(26-21(27)24,16-6-2-4-14(10-16)13-32(29,30)31)17-7-8-19(23)18(11-17)15-5-3-9-25-12-15/h2-12H,13H2,1H3,(H2,24,26)(H,29,30,31). The van der Waals surface area contributed by atoms with Crippen LogP contribution < -0.4 is 5.73 Å². The Morgan fingerprint density at radius 3 is 2.50 bits per heavy atom. The molecule has 2 heterocycles. The number of likely N-dealkylation sites (N-methyl/N-ethyl adjacent to an activating group) is 1. The summed E-state index contributed by atoms with van der Waals surface area (Å²) in [5.41, 5.74) is 5.99. The number of pyridine rings is 1. The van der Waals surface area contributed by atoms with Crippen LogP contribution in [-0.2, 0) is 26.2 Å². The lowest BCUT2D eigenvalue weighted by Gasteiger charge is -2.27. The minimum Gasteiger partial charge on any atom is -0.369 e. The monoisotopic (exact) mass is 454 g/mol. The van der Waals surface area contributed by atoms with Crippen molar-refractivity contribution in [2.75, 3.05) is 7.05 Å². The minimum absolute atomic E-state index is 0.0394. The average Bonchev–Trinajstić information content (AvgIpc) is 2.98. The highest BCUT2D eigenvalue weighted by atomic mass is 32.2. The molecule has 2 aromatic carbocycles. The van der Waals surface area contributed by atoms with Gasteiger partial charge in [0, 0.05) is 30.6 Å². The molecule has 0 saturated carbocycles. The molecule has 4 rings (SSSR count). The summed E-state index contributed by atoms with van der Waals surface area (Å²) in [6, 6.07) is 13.7. The molecule has 0 bridgehead atoms. The maximum Gasteiger partial charge on any atom is 0.269 e. The number of hydrogen-bond acceptors (Lipinski definition) is 6. The first-order valence-corrected chi connectivity index (χ1v) is 11.1. The van der Waals surface area contributed by atoms with Crippen LogP contribution in [0.3, 0.4) is 0 Å². The number of nitrogens with zero attached hydrogens (tertiary/aromatic N) is 3. The molecule has 1 aliphatic rings. The lowest BCUT2D eigenvalue weighted by Crippen LogP contribution is -2.41. The van der Waals surface area contributed by atoms with Gasteiger partial charge in [-0.2, -0.15) is 8.42 Å². The van der Waals surface area contributed by atoms with E-state index in [1.807, 2.05) is 0 Å². The van der Waals surface area contributed by atoms with Crippen LogP contribution in [-0.4, -0.2) is 41.8 Å². The summed E-state index contributed by atoms with van der Waals surface area (Å²) in [4.78, 5) is 23.1. The number of amides is 1. The maximum absolute atomic E-state index is 14.7. The van der Waals surface area contributed by atoms with Crippen molar-refractivity contribution in [3.63, 3.8) is 0 Å². The van der Waals surface area contributed by atoms with Gasteiger partial charge in [-0.3, -0.25) is 19.2 Å². The van der Waals surface area contributed by atoms with Crippen molar-refractivity contribution >= 4 is 22.0 Å². The summed E-state index contributed by atoms with van der Waals surface area (Å²) < 4.78 is 46.7. The fourth-order valence-corrected chi connectivity index (χ4v) is 4.38. The second kappa shape index (κ2) is 7.81. The van der Waals surface area contributed by atoms with Crippen LogP contribution in [0.1, 0.15) is 16.7 Å². The molecule has 1 aliphatic heterocycles. The van der Waals surface area contributed by atoms with Crippen molar-refractivity contribution < 1.29 is 22.2 Å². The third-order valence-corrected chi connectivity index (χ3v) is 5.99. The number of rotatable bonds is 5. The molecule has 0 aliphatic carbocycles. The number of carbonyl (C=O) groups excluding carboxylic acids is 1. The second-order valence-electron chi connectivity index (χ2n) is 7.41. The van der Waals surface area contributed by atoms with E-state index < -0.39 is 33.1 Å².